The van der Waals surface area contributed by atoms with Gasteiger partial charge in [0.15, 0.2) is 0 Å². The van der Waals surface area contributed by atoms with Crippen LogP contribution in [0.15, 0.2) is 42.5 Å². The molecule has 0 saturated heterocycles. The highest BCUT2D eigenvalue weighted by atomic mass is 16.5. The maximum absolute atomic E-state index is 12.4. The van der Waals surface area contributed by atoms with E-state index in [9.17, 15) is 9.59 Å². The summed E-state index contributed by atoms with van der Waals surface area (Å²) in [5.74, 6) is 0.415. The van der Waals surface area contributed by atoms with Gasteiger partial charge in [-0.3, -0.25) is 9.69 Å². The van der Waals surface area contributed by atoms with Crippen LogP contribution >= 0.6 is 0 Å². The average molecular weight is 399 g/mol. The highest BCUT2D eigenvalue weighted by Crippen LogP contribution is 2.16. The number of nitrogens with zero attached hydrogens (tertiary/aromatic N) is 1. The number of nitrogens with one attached hydrogen (secondary N) is 1. The van der Waals surface area contributed by atoms with Crippen molar-refractivity contribution in [2.75, 3.05) is 27.3 Å². The molecule has 29 heavy (non-hydrogen) atoms. The fourth-order valence-corrected chi connectivity index (χ4v) is 2.93. The number of esters is 1. The van der Waals surface area contributed by atoms with E-state index in [0.29, 0.717) is 25.3 Å². The van der Waals surface area contributed by atoms with Crippen LogP contribution in [-0.2, 0) is 16.1 Å². The molecule has 1 unspecified atom stereocenters. The van der Waals surface area contributed by atoms with Crippen molar-refractivity contribution in [2.45, 2.75) is 33.4 Å². The van der Waals surface area contributed by atoms with Crippen molar-refractivity contribution >= 4 is 11.9 Å². The Kier molecular flexibility index (Phi) is 8.21. The van der Waals surface area contributed by atoms with Gasteiger partial charge in [-0.15, -0.1) is 0 Å². The number of carbonyl (C=O) groups excluding carboxylic acids is 2. The number of methoxy groups -OCH3 is 1. The summed E-state index contributed by atoms with van der Waals surface area (Å²) in [4.78, 5) is 25.8. The topological polar surface area (TPSA) is 67.9 Å². The van der Waals surface area contributed by atoms with Gasteiger partial charge < -0.3 is 14.8 Å². The molecule has 2 rings (SSSR count). The van der Waals surface area contributed by atoms with Gasteiger partial charge >= 0.3 is 5.97 Å². The Morgan fingerprint density at radius 1 is 1.07 bits per heavy atom. The highest BCUT2D eigenvalue weighted by molar-refractivity contribution is 5.89. The molecule has 0 radical (unpaired) electrons. The van der Waals surface area contributed by atoms with Gasteiger partial charge in [0.1, 0.15) is 12.4 Å². The zero-order valence-electron chi connectivity index (χ0n) is 17.8. The van der Waals surface area contributed by atoms with Crippen molar-refractivity contribution in [3.05, 3.63) is 64.7 Å². The molecule has 0 heterocycles. The summed E-state index contributed by atoms with van der Waals surface area (Å²) < 4.78 is 10.5. The van der Waals surface area contributed by atoms with E-state index in [4.69, 9.17) is 4.74 Å². The van der Waals surface area contributed by atoms with Crippen molar-refractivity contribution in [1.29, 1.82) is 0 Å². The molecule has 6 heteroatoms. The summed E-state index contributed by atoms with van der Waals surface area (Å²) in [7, 11) is 3.25. The number of hydrogen-bond donors (Lipinski definition) is 1. The van der Waals surface area contributed by atoms with Gasteiger partial charge in [0.25, 0.3) is 0 Å². The van der Waals surface area contributed by atoms with Gasteiger partial charge in [-0.05, 0) is 68.8 Å². The molecule has 0 fully saturated rings. The minimum Gasteiger partial charge on any atom is -0.492 e. The third kappa shape index (κ3) is 6.91. The molecule has 2 aromatic carbocycles. The lowest BCUT2D eigenvalue weighted by Gasteiger charge is -2.24. The van der Waals surface area contributed by atoms with E-state index in [1.165, 1.54) is 18.2 Å². The predicted molar refractivity (Wildman–Crippen MR) is 113 cm³/mol. The maximum Gasteiger partial charge on any atom is 0.337 e. The van der Waals surface area contributed by atoms with E-state index in [-0.39, 0.29) is 17.9 Å². The number of ether oxygens (including phenoxy) is 2. The molecule has 156 valence electrons. The van der Waals surface area contributed by atoms with E-state index >= 15 is 0 Å². The molecule has 0 saturated carbocycles. The van der Waals surface area contributed by atoms with Crippen LogP contribution in [0.4, 0.5) is 0 Å². The van der Waals surface area contributed by atoms with Crippen LogP contribution in [0.3, 0.4) is 0 Å². The minimum atomic E-state index is -0.376. The van der Waals surface area contributed by atoms with Crippen molar-refractivity contribution in [3.8, 4) is 5.75 Å². The number of benzene rings is 2. The quantitative estimate of drug-likeness (QED) is 0.658. The van der Waals surface area contributed by atoms with Crippen molar-refractivity contribution in [1.82, 2.24) is 10.2 Å². The number of carbonyl (C=O) groups is 2. The fraction of sp³-hybridized carbons (Fsp3) is 0.391. The second-order valence-corrected chi connectivity index (χ2v) is 7.23. The molecule has 6 nitrogen and oxygen atoms in total. The van der Waals surface area contributed by atoms with E-state index < -0.39 is 0 Å². The van der Waals surface area contributed by atoms with Crippen LogP contribution < -0.4 is 10.1 Å². The number of rotatable bonds is 9. The van der Waals surface area contributed by atoms with Gasteiger partial charge in [-0.2, -0.15) is 0 Å². The zero-order chi connectivity index (χ0) is 21.4. The maximum atomic E-state index is 12.4. The fourth-order valence-electron chi connectivity index (χ4n) is 2.93. The second-order valence-electron chi connectivity index (χ2n) is 7.23. The SMILES string of the molecule is COC(=O)c1ccc(CNC(=O)C(C)N(C)CCOc2cc(C)cc(C)c2)cc1. The lowest BCUT2D eigenvalue weighted by Crippen LogP contribution is -2.44. The molecule has 0 bridgehead atoms. The summed E-state index contributed by atoms with van der Waals surface area (Å²) >= 11 is 0. The first kappa shape index (κ1) is 22.4. The molecule has 1 atom stereocenters. The predicted octanol–water partition coefficient (Wildman–Crippen LogP) is 3.11. The van der Waals surface area contributed by atoms with Crippen LogP contribution in [0.1, 0.15) is 34.0 Å². The Hall–Kier alpha value is -2.86. The average Bonchev–Trinajstić information content (AvgIpc) is 2.70. The molecule has 0 aliphatic rings. The van der Waals surface area contributed by atoms with E-state index in [2.05, 4.69) is 16.1 Å². The van der Waals surface area contributed by atoms with Gasteiger partial charge in [-0.1, -0.05) is 18.2 Å². The van der Waals surface area contributed by atoms with Crippen molar-refractivity contribution < 1.29 is 19.1 Å². The third-order valence-electron chi connectivity index (χ3n) is 4.79. The number of amides is 1. The molecular weight excluding hydrogens is 368 g/mol. The van der Waals surface area contributed by atoms with E-state index in [1.54, 1.807) is 24.3 Å². The van der Waals surface area contributed by atoms with Crippen LogP contribution in [0.2, 0.25) is 0 Å². The largest absolute Gasteiger partial charge is 0.492 e. The first-order valence-electron chi connectivity index (χ1n) is 9.66. The Morgan fingerprint density at radius 2 is 1.69 bits per heavy atom. The van der Waals surface area contributed by atoms with Gasteiger partial charge in [0.05, 0.1) is 18.7 Å². The van der Waals surface area contributed by atoms with Crippen molar-refractivity contribution in [3.63, 3.8) is 0 Å². The molecule has 0 aliphatic heterocycles. The number of hydrogen-bond acceptors (Lipinski definition) is 5. The molecule has 2 aromatic rings. The van der Waals surface area contributed by atoms with Crippen LogP contribution in [0.25, 0.3) is 0 Å². The third-order valence-corrected chi connectivity index (χ3v) is 4.79. The Labute approximate surface area is 172 Å². The van der Waals surface area contributed by atoms with Crippen LogP contribution in [-0.4, -0.2) is 50.1 Å². The Bertz CT molecular complexity index is 813. The zero-order valence-corrected chi connectivity index (χ0v) is 17.8. The number of likely N-dealkylation sites (N-methyl/N-ethyl adjacent to an activating group) is 1. The molecular formula is C23H30N2O4. The summed E-state index contributed by atoms with van der Waals surface area (Å²) in [5, 5.41) is 2.93. The molecule has 1 amide bonds. The van der Waals surface area contributed by atoms with Crippen molar-refractivity contribution in [2.24, 2.45) is 0 Å². The first-order chi connectivity index (χ1) is 13.8. The van der Waals surface area contributed by atoms with Gasteiger partial charge in [0, 0.05) is 13.1 Å². The summed E-state index contributed by atoms with van der Waals surface area (Å²) in [5.41, 5.74) is 3.74. The molecule has 1 N–H and O–H groups in total. The summed E-state index contributed by atoms with van der Waals surface area (Å²) in [6, 6.07) is 12.8. The van der Waals surface area contributed by atoms with E-state index in [0.717, 1.165) is 11.3 Å². The lowest BCUT2D eigenvalue weighted by atomic mass is 10.1. The molecule has 0 aromatic heterocycles. The lowest BCUT2D eigenvalue weighted by molar-refractivity contribution is -0.125. The molecule has 0 spiro atoms. The van der Waals surface area contributed by atoms with Gasteiger partial charge in [-0.25, -0.2) is 4.79 Å². The monoisotopic (exact) mass is 398 g/mol. The summed E-state index contributed by atoms with van der Waals surface area (Å²) in [6.45, 7) is 7.49. The Morgan fingerprint density at radius 3 is 2.28 bits per heavy atom. The number of aryl methyl sites for hydroxylation is 2. The standard InChI is InChI=1S/C23H30N2O4/c1-16-12-17(2)14-21(13-16)29-11-10-25(4)18(3)22(26)24-15-19-6-8-20(9-7-19)23(27)28-5/h6-9,12-14,18H,10-11,15H2,1-5H3,(H,24,26). The van der Waals surface area contributed by atoms with Crippen LogP contribution in [0, 0.1) is 13.8 Å². The van der Waals surface area contributed by atoms with Gasteiger partial charge in [0.2, 0.25) is 5.91 Å². The van der Waals surface area contributed by atoms with Crippen LogP contribution in [0.5, 0.6) is 5.75 Å². The minimum absolute atomic E-state index is 0.0593. The first-order valence-corrected chi connectivity index (χ1v) is 9.66. The Balaban J connectivity index is 1.77. The normalized spacial score (nSPS) is 11.8. The highest BCUT2D eigenvalue weighted by Gasteiger charge is 2.17. The van der Waals surface area contributed by atoms with E-state index in [1.807, 2.05) is 44.9 Å². The smallest absolute Gasteiger partial charge is 0.337 e. The second kappa shape index (κ2) is 10.6. The summed E-state index contributed by atoms with van der Waals surface area (Å²) in [6.07, 6.45) is 0. The molecule has 0 aliphatic carbocycles.